The van der Waals surface area contributed by atoms with Gasteiger partial charge in [0.2, 0.25) is 0 Å². The van der Waals surface area contributed by atoms with Gasteiger partial charge in [-0.3, -0.25) is 9.59 Å². The first-order chi connectivity index (χ1) is 16.5. The summed E-state index contributed by atoms with van der Waals surface area (Å²) in [6, 6.07) is 11.2. The first-order valence-corrected chi connectivity index (χ1v) is 12.4. The first-order valence-electron chi connectivity index (χ1n) is 12.4. The summed E-state index contributed by atoms with van der Waals surface area (Å²) in [4.78, 5) is 23.6. The third-order valence-corrected chi connectivity index (χ3v) is 5.50. The fourth-order valence-corrected chi connectivity index (χ4v) is 3.69. The number of rotatable bonds is 15. The molecule has 0 atom stereocenters. The zero-order valence-electron chi connectivity index (χ0n) is 20.7. The van der Waals surface area contributed by atoms with Crippen molar-refractivity contribution >= 4 is 11.9 Å². The summed E-state index contributed by atoms with van der Waals surface area (Å²) in [6.07, 6.45) is 6.02. The summed E-state index contributed by atoms with van der Waals surface area (Å²) in [5.41, 5.74) is 3.29. The lowest BCUT2D eigenvalue weighted by Crippen LogP contribution is -2.06. The molecule has 0 aliphatic carbocycles. The Bertz CT molecular complexity index is 921. The maximum atomic E-state index is 11.8. The van der Waals surface area contributed by atoms with Gasteiger partial charge >= 0.3 is 11.9 Å². The van der Waals surface area contributed by atoms with Gasteiger partial charge in [0.15, 0.2) is 0 Å². The van der Waals surface area contributed by atoms with Crippen molar-refractivity contribution in [2.45, 2.75) is 72.1 Å². The minimum absolute atomic E-state index is 0.137. The number of carbonyl (C=O) groups is 2. The van der Waals surface area contributed by atoms with E-state index in [0.717, 1.165) is 36.0 Å². The normalized spacial score (nSPS) is 10.7. The highest BCUT2D eigenvalue weighted by atomic mass is 16.5. The average molecular weight is 471 g/mol. The van der Waals surface area contributed by atoms with Crippen LogP contribution in [0.1, 0.15) is 70.4 Å². The van der Waals surface area contributed by atoms with Crippen molar-refractivity contribution in [3.8, 4) is 22.6 Å². The highest BCUT2D eigenvalue weighted by Gasteiger charge is 2.15. The summed E-state index contributed by atoms with van der Waals surface area (Å²) >= 11 is 0. The smallest absolute Gasteiger partial charge is 0.306 e. The molecular formula is C28H38O6. The van der Waals surface area contributed by atoms with Gasteiger partial charge in [-0.2, -0.15) is 0 Å². The number of benzene rings is 2. The molecule has 0 radical (unpaired) electrons. The van der Waals surface area contributed by atoms with E-state index in [-0.39, 0.29) is 30.5 Å². The van der Waals surface area contributed by atoms with E-state index >= 15 is 0 Å². The molecule has 2 rings (SSSR count). The average Bonchev–Trinajstić information content (AvgIpc) is 2.83. The van der Waals surface area contributed by atoms with Crippen LogP contribution >= 0.6 is 0 Å². The fourth-order valence-electron chi connectivity index (χ4n) is 3.69. The van der Waals surface area contributed by atoms with Crippen molar-refractivity contribution in [2.75, 3.05) is 19.8 Å². The number of esters is 2. The summed E-state index contributed by atoms with van der Waals surface area (Å²) in [7, 11) is 0. The van der Waals surface area contributed by atoms with E-state index in [1.165, 1.54) is 6.42 Å². The van der Waals surface area contributed by atoms with E-state index in [1.807, 2.05) is 30.3 Å². The Labute approximate surface area is 203 Å². The number of aryl methyl sites for hydroxylation is 2. The van der Waals surface area contributed by atoms with Gasteiger partial charge in [-0.05, 0) is 68.5 Å². The van der Waals surface area contributed by atoms with Crippen molar-refractivity contribution in [1.82, 2.24) is 0 Å². The van der Waals surface area contributed by atoms with E-state index in [2.05, 4.69) is 6.92 Å². The van der Waals surface area contributed by atoms with Crippen LogP contribution in [0.3, 0.4) is 0 Å². The molecule has 2 aromatic rings. The van der Waals surface area contributed by atoms with Gasteiger partial charge in [0.1, 0.15) is 11.5 Å². The lowest BCUT2D eigenvalue weighted by Gasteiger charge is -2.16. The van der Waals surface area contributed by atoms with Crippen LogP contribution in [-0.4, -0.2) is 36.9 Å². The highest BCUT2D eigenvalue weighted by molar-refractivity contribution is 5.77. The summed E-state index contributed by atoms with van der Waals surface area (Å²) < 4.78 is 16.2. The number of hydrogen-bond donors (Lipinski definition) is 1. The fraction of sp³-hybridized carbons (Fsp3) is 0.500. The van der Waals surface area contributed by atoms with Gasteiger partial charge in [-0.25, -0.2) is 0 Å². The Kier molecular flexibility index (Phi) is 12.0. The standard InChI is InChI=1S/C28H38O6/c1-4-7-8-9-18-34-26-15-11-22(13-17-28(31)33-6-3)20-24(26)23-19-21(10-14-25(23)29)12-16-27(30)32-5-2/h10-11,14-15,19-20,29H,4-9,12-13,16-18H2,1-3H3. The zero-order chi connectivity index (χ0) is 24.8. The van der Waals surface area contributed by atoms with Gasteiger partial charge in [0.25, 0.3) is 0 Å². The zero-order valence-corrected chi connectivity index (χ0v) is 20.7. The maximum absolute atomic E-state index is 11.8. The molecule has 0 heterocycles. The topological polar surface area (TPSA) is 82.1 Å². The monoisotopic (exact) mass is 470 g/mol. The second-order valence-corrected chi connectivity index (χ2v) is 8.20. The van der Waals surface area contributed by atoms with E-state index in [4.69, 9.17) is 14.2 Å². The third kappa shape index (κ3) is 9.08. The van der Waals surface area contributed by atoms with Gasteiger partial charge in [-0.15, -0.1) is 0 Å². The number of phenolic OH excluding ortho intramolecular Hbond substituents is 1. The maximum Gasteiger partial charge on any atom is 0.306 e. The van der Waals surface area contributed by atoms with Gasteiger partial charge in [-0.1, -0.05) is 38.3 Å². The number of hydrogen-bond acceptors (Lipinski definition) is 6. The molecule has 6 heteroatoms. The quantitative estimate of drug-likeness (QED) is 0.254. The molecule has 0 bridgehead atoms. The minimum atomic E-state index is -0.241. The SMILES string of the molecule is CCCCCCOc1ccc(CCC(=O)OCC)cc1-c1cc(CCC(=O)OCC)ccc1O. The molecule has 0 fully saturated rings. The van der Waals surface area contributed by atoms with Crippen molar-refractivity contribution < 1.29 is 28.9 Å². The lowest BCUT2D eigenvalue weighted by molar-refractivity contribution is -0.144. The number of carbonyl (C=O) groups excluding carboxylic acids is 2. The van der Waals surface area contributed by atoms with E-state index in [9.17, 15) is 14.7 Å². The van der Waals surface area contributed by atoms with E-state index in [1.54, 1.807) is 19.9 Å². The van der Waals surface area contributed by atoms with E-state index < -0.39 is 0 Å². The molecule has 0 aliphatic heterocycles. The van der Waals surface area contributed by atoms with Gasteiger partial charge in [0, 0.05) is 24.0 Å². The Morgan fingerprint density at radius 1 is 0.765 bits per heavy atom. The lowest BCUT2D eigenvalue weighted by atomic mass is 9.96. The number of aromatic hydroxyl groups is 1. The van der Waals surface area contributed by atoms with Crippen molar-refractivity contribution in [2.24, 2.45) is 0 Å². The van der Waals surface area contributed by atoms with Crippen LogP contribution in [0, 0.1) is 0 Å². The second kappa shape index (κ2) is 15.0. The molecule has 1 N–H and O–H groups in total. The molecule has 2 aromatic carbocycles. The second-order valence-electron chi connectivity index (χ2n) is 8.20. The first kappa shape index (κ1) is 27.2. The molecule has 0 aromatic heterocycles. The predicted octanol–water partition coefficient (Wildman–Crippen LogP) is 6.01. The largest absolute Gasteiger partial charge is 0.507 e. The summed E-state index contributed by atoms with van der Waals surface area (Å²) in [6.45, 7) is 7.07. The van der Waals surface area contributed by atoms with Gasteiger partial charge in [0.05, 0.1) is 19.8 Å². The Hall–Kier alpha value is -3.02. The molecule has 6 nitrogen and oxygen atoms in total. The molecule has 0 unspecified atom stereocenters. The molecular weight excluding hydrogens is 432 g/mol. The highest BCUT2D eigenvalue weighted by Crippen LogP contribution is 2.38. The van der Waals surface area contributed by atoms with Crippen LogP contribution in [0.5, 0.6) is 11.5 Å². The molecule has 0 spiro atoms. The molecule has 0 aliphatic rings. The van der Waals surface area contributed by atoms with Crippen molar-refractivity contribution in [1.29, 1.82) is 0 Å². The van der Waals surface area contributed by atoms with Crippen molar-refractivity contribution in [3.05, 3.63) is 47.5 Å². The van der Waals surface area contributed by atoms with Gasteiger partial charge < -0.3 is 19.3 Å². The molecule has 0 saturated heterocycles. The minimum Gasteiger partial charge on any atom is -0.507 e. The van der Waals surface area contributed by atoms with Crippen LogP contribution in [0.2, 0.25) is 0 Å². The Morgan fingerprint density at radius 2 is 1.35 bits per heavy atom. The van der Waals surface area contributed by atoms with Crippen LogP contribution < -0.4 is 4.74 Å². The van der Waals surface area contributed by atoms with Crippen LogP contribution in [0.15, 0.2) is 36.4 Å². The van der Waals surface area contributed by atoms with Crippen molar-refractivity contribution in [3.63, 3.8) is 0 Å². The third-order valence-electron chi connectivity index (χ3n) is 5.50. The molecule has 0 saturated carbocycles. The summed E-state index contributed by atoms with van der Waals surface area (Å²) in [5, 5.41) is 10.7. The van der Waals surface area contributed by atoms with Crippen LogP contribution in [0.4, 0.5) is 0 Å². The molecule has 0 amide bonds. The van der Waals surface area contributed by atoms with Crippen LogP contribution in [-0.2, 0) is 31.9 Å². The number of phenols is 1. The number of unbranched alkanes of at least 4 members (excludes halogenated alkanes) is 3. The Balaban J connectivity index is 2.28. The number of ether oxygens (including phenoxy) is 3. The summed E-state index contributed by atoms with van der Waals surface area (Å²) in [5.74, 6) is 0.353. The predicted molar refractivity (Wildman–Crippen MR) is 133 cm³/mol. The van der Waals surface area contributed by atoms with E-state index in [0.29, 0.717) is 44.0 Å². The molecule has 186 valence electrons. The molecule has 34 heavy (non-hydrogen) atoms. The Morgan fingerprint density at radius 3 is 1.94 bits per heavy atom. The van der Waals surface area contributed by atoms with Crippen LogP contribution in [0.25, 0.3) is 11.1 Å².